The second-order valence-corrected chi connectivity index (χ2v) is 8.63. The van der Waals surface area contributed by atoms with E-state index in [1.165, 1.54) is 32.1 Å². The fourth-order valence-electron chi connectivity index (χ4n) is 5.10. The first kappa shape index (κ1) is 15.6. The van der Waals surface area contributed by atoms with E-state index in [1.54, 1.807) is 0 Å². The number of likely N-dealkylation sites (tertiary alicyclic amines) is 1. The molecule has 0 radical (unpaired) electrons. The molecule has 0 bridgehead atoms. The number of amides is 1. The van der Waals surface area contributed by atoms with Crippen LogP contribution in [0.15, 0.2) is 6.07 Å². The molecule has 134 valence electrons. The predicted molar refractivity (Wildman–Crippen MR) is 96.5 cm³/mol. The van der Waals surface area contributed by atoms with E-state index in [1.807, 2.05) is 0 Å². The Hall–Kier alpha value is -1.65. The Morgan fingerprint density at radius 2 is 1.80 bits per heavy atom. The van der Waals surface area contributed by atoms with Crippen LogP contribution < -0.4 is 4.90 Å². The van der Waals surface area contributed by atoms with Crippen molar-refractivity contribution < 1.29 is 4.79 Å². The van der Waals surface area contributed by atoms with Gasteiger partial charge in [0.05, 0.1) is 5.92 Å². The third-order valence-electron chi connectivity index (χ3n) is 6.70. The third-order valence-corrected chi connectivity index (χ3v) is 6.70. The summed E-state index contributed by atoms with van der Waals surface area (Å²) in [4.78, 5) is 26.9. The van der Waals surface area contributed by atoms with Crippen LogP contribution in [0.3, 0.4) is 0 Å². The molecular weight excluding hydrogens is 312 g/mol. The minimum Gasteiger partial charge on any atom is -0.356 e. The van der Waals surface area contributed by atoms with Gasteiger partial charge in [0.15, 0.2) is 0 Å². The fourth-order valence-corrected chi connectivity index (χ4v) is 5.10. The van der Waals surface area contributed by atoms with Gasteiger partial charge in [-0.05, 0) is 50.9 Å². The van der Waals surface area contributed by atoms with E-state index in [0.717, 1.165) is 61.8 Å². The summed E-state index contributed by atoms with van der Waals surface area (Å²) >= 11 is 0. The van der Waals surface area contributed by atoms with Crippen LogP contribution in [0.25, 0.3) is 0 Å². The number of anilines is 1. The van der Waals surface area contributed by atoms with E-state index in [0.29, 0.717) is 11.8 Å². The summed E-state index contributed by atoms with van der Waals surface area (Å²) in [5.41, 5.74) is 1.05. The second kappa shape index (κ2) is 5.96. The van der Waals surface area contributed by atoms with Crippen molar-refractivity contribution in [2.45, 2.75) is 51.4 Å². The van der Waals surface area contributed by atoms with Crippen LogP contribution in [0, 0.1) is 24.7 Å². The number of hydrogen-bond acceptors (Lipinski definition) is 4. The number of rotatable bonds is 3. The molecule has 5 nitrogen and oxygen atoms in total. The Bertz CT molecular complexity index is 674. The lowest BCUT2D eigenvalue weighted by Crippen LogP contribution is -2.36. The molecule has 5 heteroatoms. The standard InChI is InChI=1S/C20H28N4O/c1-13-9-18(22-19(21-13)14-5-6-14)23-8-7-17(12-23)20(25)24-10-15-3-2-4-16(15)11-24/h9,14-17H,2-8,10-12H2,1H3. The van der Waals surface area contributed by atoms with E-state index in [9.17, 15) is 4.79 Å². The highest BCUT2D eigenvalue weighted by Crippen LogP contribution is 2.40. The summed E-state index contributed by atoms with van der Waals surface area (Å²) in [6.07, 6.45) is 7.44. The number of aromatic nitrogens is 2. The predicted octanol–water partition coefficient (Wildman–Crippen LogP) is 2.75. The lowest BCUT2D eigenvalue weighted by molar-refractivity contribution is -0.134. The number of hydrogen-bond donors (Lipinski definition) is 0. The Kier molecular flexibility index (Phi) is 3.72. The van der Waals surface area contributed by atoms with Crippen LogP contribution >= 0.6 is 0 Å². The SMILES string of the molecule is Cc1cc(N2CCC(C(=O)N3CC4CCCC4C3)C2)nc(C2CC2)n1. The van der Waals surface area contributed by atoms with E-state index in [4.69, 9.17) is 4.98 Å². The Balaban J connectivity index is 1.26. The minimum absolute atomic E-state index is 0.151. The average molecular weight is 340 g/mol. The number of nitrogens with zero attached hydrogens (tertiary/aromatic N) is 4. The molecule has 1 amide bonds. The topological polar surface area (TPSA) is 49.3 Å². The van der Waals surface area contributed by atoms with Crippen molar-refractivity contribution in [3.8, 4) is 0 Å². The van der Waals surface area contributed by atoms with Crippen LogP contribution in [-0.4, -0.2) is 47.0 Å². The summed E-state index contributed by atoms with van der Waals surface area (Å²) in [6, 6.07) is 2.08. The molecule has 2 aliphatic heterocycles. The van der Waals surface area contributed by atoms with Gasteiger partial charge in [-0.1, -0.05) is 6.42 Å². The zero-order valence-electron chi connectivity index (χ0n) is 15.2. The molecule has 2 aliphatic carbocycles. The van der Waals surface area contributed by atoms with Crippen molar-refractivity contribution in [2.24, 2.45) is 17.8 Å². The molecule has 0 spiro atoms. The van der Waals surface area contributed by atoms with Gasteiger partial charge in [-0.3, -0.25) is 4.79 Å². The van der Waals surface area contributed by atoms with Crippen molar-refractivity contribution in [1.82, 2.24) is 14.9 Å². The molecule has 0 N–H and O–H groups in total. The maximum absolute atomic E-state index is 13.0. The first-order valence-electron chi connectivity index (χ1n) is 10.1. The van der Waals surface area contributed by atoms with Crippen LogP contribution in [-0.2, 0) is 4.79 Å². The van der Waals surface area contributed by atoms with Gasteiger partial charge in [0.2, 0.25) is 5.91 Å². The first-order valence-corrected chi connectivity index (χ1v) is 10.1. The van der Waals surface area contributed by atoms with Gasteiger partial charge in [-0.2, -0.15) is 0 Å². The zero-order chi connectivity index (χ0) is 17.0. The zero-order valence-corrected chi connectivity index (χ0v) is 15.2. The quantitative estimate of drug-likeness (QED) is 0.849. The molecule has 5 rings (SSSR count). The Labute approximate surface area is 149 Å². The molecule has 3 heterocycles. The highest BCUT2D eigenvalue weighted by molar-refractivity contribution is 5.80. The van der Waals surface area contributed by atoms with Gasteiger partial charge in [0, 0.05) is 43.9 Å². The van der Waals surface area contributed by atoms with Gasteiger partial charge in [0.25, 0.3) is 0 Å². The number of aryl methyl sites for hydroxylation is 1. The molecule has 25 heavy (non-hydrogen) atoms. The van der Waals surface area contributed by atoms with Gasteiger partial charge < -0.3 is 9.80 Å². The summed E-state index contributed by atoms with van der Waals surface area (Å²) in [7, 11) is 0. The smallest absolute Gasteiger partial charge is 0.227 e. The largest absolute Gasteiger partial charge is 0.356 e. The van der Waals surface area contributed by atoms with Crippen LogP contribution in [0.4, 0.5) is 5.82 Å². The monoisotopic (exact) mass is 340 g/mol. The summed E-state index contributed by atoms with van der Waals surface area (Å²) < 4.78 is 0. The molecule has 4 fully saturated rings. The molecule has 1 aromatic rings. The fraction of sp³-hybridized carbons (Fsp3) is 0.750. The van der Waals surface area contributed by atoms with Crippen LogP contribution in [0.1, 0.15) is 56.0 Å². The lowest BCUT2D eigenvalue weighted by Gasteiger charge is -2.22. The van der Waals surface area contributed by atoms with Gasteiger partial charge in [-0.25, -0.2) is 9.97 Å². The average Bonchev–Trinajstić information content (AvgIpc) is 3.00. The summed E-state index contributed by atoms with van der Waals surface area (Å²) in [6.45, 7) is 5.85. The highest BCUT2D eigenvalue weighted by Gasteiger charge is 2.41. The lowest BCUT2D eigenvalue weighted by atomic mass is 10.0. The first-order chi connectivity index (χ1) is 12.2. The summed E-state index contributed by atoms with van der Waals surface area (Å²) in [5, 5.41) is 0. The molecule has 3 atom stereocenters. The van der Waals surface area contributed by atoms with Crippen molar-refractivity contribution in [2.75, 3.05) is 31.1 Å². The van der Waals surface area contributed by atoms with Crippen molar-refractivity contribution in [3.63, 3.8) is 0 Å². The Morgan fingerprint density at radius 1 is 1.04 bits per heavy atom. The summed E-state index contributed by atoms with van der Waals surface area (Å²) in [5.74, 6) is 4.73. The highest BCUT2D eigenvalue weighted by atomic mass is 16.2. The molecule has 2 saturated heterocycles. The minimum atomic E-state index is 0.151. The number of fused-ring (bicyclic) bond motifs is 1. The maximum Gasteiger partial charge on any atom is 0.227 e. The third kappa shape index (κ3) is 2.91. The normalized spacial score (nSPS) is 31.6. The Morgan fingerprint density at radius 3 is 2.52 bits per heavy atom. The number of carbonyl (C=O) groups is 1. The van der Waals surface area contributed by atoms with E-state index in [2.05, 4.69) is 27.8 Å². The van der Waals surface area contributed by atoms with Gasteiger partial charge in [-0.15, -0.1) is 0 Å². The van der Waals surface area contributed by atoms with Crippen LogP contribution in [0.5, 0.6) is 0 Å². The molecule has 0 aromatic carbocycles. The van der Waals surface area contributed by atoms with E-state index >= 15 is 0 Å². The van der Waals surface area contributed by atoms with E-state index < -0.39 is 0 Å². The molecule has 4 aliphatic rings. The molecular formula is C20H28N4O. The van der Waals surface area contributed by atoms with E-state index in [-0.39, 0.29) is 5.92 Å². The van der Waals surface area contributed by atoms with Crippen molar-refractivity contribution in [1.29, 1.82) is 0 Å². The van der Waals surface area contributed by atoms with Gasteiger partial charge in [0.1, 0.15) is 11.6 Å². The number of carbonyl (C=O) groups excluding carboxylic acids is 1. The molecule has 3 unspecified atom stereocenters. The maximum atomic E-state index is 13.0. The van der Waals surface area contributed by atoms with Crippen molar-refractivity contribution >= 4 is 11.7 Å². The molecule has 1 aromatic heterocycles. The van der Waals surface area contributed by atoms with Gasteiger partial charge >= 0.3 is 0 Å². The van der Waals surface area contributed by atoms with Crippen LogP contribution in [0.2, 0.25) is 0 Å². The molecule has 2 saturated carbocycles. The van der Waals surface area contributed by atoms with Crippen molar-refractivity contribution in [3.05, 3.63) is 17.6 Å². The second-order valence-electron chi connectivity index (χ2n) is 8.63.